The molecule has 2 saturated heterocycles. The van der Waals surface area contributed by atoms with Gasteiger partial charge in [0.1, 0.15) is 5.75 Å². The first-order valence-electron chi connectivity index (χ1n) is 11.6. The van der Waals surface area contributed by atoms with Crippen molar-refractivity contribution in [3.63, 3.8) is 0 Å². The Morgan fingerprint density at radius 1 is 1.11 bits per heavy atom. The van der Waals surface area contributed by atoms with Gasteiger partial charge in [0.25, 0.3) is 0 Å². The van der Waals surface area contributed by atoms with Crippen molar-refractivity contribution in [2.45, 2.75) is 32.0 Å². The van der Waals surface area contributed by atoms with E-state index < -0.39 is 23.9 Å². The van der Waals surface area contributed by atoms with Crippen LogP contribution >= 0.6 is 0 Å². The Kier molecular flexibility index (Phi) is 7.09. The number of methoxy groups -OCH3 is 1. The lowest BCUT2D eigenvalue weighted by Gasteiger charge is -2.35. The molecule has 2 heterocycles. The highest BCUT2D eigenvalue weighted by atomic mass is 19.4. The van der Waals surface area contributed by atoms with E-state index in [-0.39, 0.29) is 25.2 Å². The number of nitrogens with zero attached hydrogens (tertiary/aromatic N) is 2. The first-order chi connectivity index (χ1) is 16.6. The number of halogens is 3. The highest BCUT2D eigenvalue weighted by Gasteiger charge is 2.41. The van der Waals surface area contributed by atoms with E-state index in [1.165, 1.54) is 0 Å². The Hall–Kier alpha value is -3.43. The van der Waals surface area contributed by atoms with Gasteiger partial charge in [-0.2, -0.15) is 13.2 Å². The van der Waals surface area contributed by atoms with E-state index >= 15 is 0 Å². The summed E-state index contributed by atoms with van der Waals surface area (Å²) in [6.07, 6.45) is -3.83. The van der Waals surface area contributed by atoms with Crippen LogP contribution < -0.4 is 20.7 Å². The van der Waals surface area contributed by atoms with Crippen LogP contribution in [0.5, 0.6) is 5.75 Å². The third-order valence-corrected chi connectivity index (χ3v) is 6.71. The Morgan fingerprint density at radius 2 is 1.77 bits per heavy atom. The molecule has 0 spiro atoms. The Balaban J connectivity index is 1.37. The van der Waals surface area contributed by atoms with Crippen LogP contribution in [0.15, 0.2) is 42.5 Å². The maximum Gasteiger partial charge on any atom is 0.391 e. The zero-order valence-corrected chi connectivity index (χ0v) is 19.5. The molecule has 0 aliphatic carbocycles. The normalized spacial score (nSPS) is 19.2. The fraction of sp³-hybridized carbons (Fsp3) is 0.440. The monoisotopic (exact) mass is 490 g/mol. The maximum absolute atomic E-state index is 13.0. The second-order valence-corrected chi connectivity index (χ2v) is 9.09. The Morgan fingerprint density at radius 3 is 2.34 bits per heavy atom. The topological polar surface area (TPSA) is 87.9 Å². The standard InChI is InChI=1S/C25H29F3N4O3/c1-35-22-13-20(6-7-21(22)31-10-8-18(9-11-31)25(26,27)28)30-19-4-2-16(3-5-19)14-32-15-17(24(29)34)12-23(32)33/h2-7,13,17-18,30H,8-12,14-15H2,1H3,(H2,29,34). The molecule has 2 aromatic carbocycles. The molecular weight excluding hydrogens is 461 g/mol. The SMILES string of the molecule is COc1cc(Nc2ccc(CN3CC(C(N)=O)CC3=O)cc2)ccc1N1CCC(C(F)(F)F)CC1. The number of carbonyl (C=O) groups is 2. The minimum absolute atomic E-state index is 0.0746. The van der Waals surface area contributed by atoms with E-state index in [0.29, 0.717) is 31.9 Å². The van der Waals surface area contributed by atoms with Crippen LogP contribution in [-0.4, -0.2) is 49.6 Å². The molecule has 2 amide bonds. The molecule has 4 rings (SSSR count). The Labute approximate surface area is 202 Å². The van der Waals surface area contributed by atoms with Crippen molar-refractivity contribution in [1.82, 2.24) is 4.90 Å². The van der Waals surface area contributed by atoms with Crippen LogP contribution in [0.1, 0.15) is 24.8 Å². The second kappa shape index (κ2) is 10.1. The molecule has 3 N–H and O–H groups in total. The van der Waals surface area contributed by atoms with E-state index in [1.54, 1.807) is 12.0 Å². The van der Waals surface area contributed by atoms with Crippen LogP contribution in [-0.2, 0) is 16.1 Å². The van der Waals surface area contributed by atoms with E-state index in [4.69, 9.17) is 10.5 Å². The number of anilines is 3. The Bertz CT molecular complexity index is 1070. The van der Waals surface area contributed by atoms with Crippen LogP contribution in [0.3, 0.4) is 0 Å². The van der Waals surface area contributed by atoms with E-state index in [9.17, 15) is 22.8 Å². The molecule has 2 aliphatic heterocycles. The van der Waals surface area contributed by atoms with Gasteiger partial charge in [0.15, 0.2) is 0 Å². The van der Waals surface area contributed by atoms with E-state index in [2.05, 4.69) is 5.32 Å². The van der Waals surface area contributed by atoms with Crippen molar-refractivity contribution in [2.75, 3.05) is 37.0 Å². The number of hydrogen-bond acceptors (Lipinski definition) is 5. The molecule has 7 nitrogen and oxygen atoms in total. The van der Waals surface area contributed by atoms with Gasteiger partial charge in [-0.3, -0.25) is 9.59 Å². The van der Waals surface area contributed by atoms with Crippen molar-refractivity contribution >= 4 is 28.9 Å². The average molecular weight is 491 g/mol. The largest absolute Gasteiger partial charge is 0.495 e. The zero-order valence-electron chi connectivity index (χ0n) is 19.5. The molecule has 2 aliphatic rings. The molecule has 10 heteroatoms. The van der Waals surface area contributed by atoms with Gasteiger partial charge in [0, 0.05) is 50.0 Å². The van der Waals surface area contributed by atoms with E-state index in [0.717, 1.165) is 22.6 Å². The predicted octanol–water partition coefficient (Wildman–Crippen LogP) is 4.05. The quantitative estimate of drug-likeness (QED) is 0.612. The molecule has 2 aromatic rings. The molecule has 0 radical (unpaired) electrons. The fourth-order valence-corrected chi connectivity index (χ4v) is 4.66. The average Bonchev–Trinajstić information content (AvgIpc) is 3.20. The van der Waals surface area contributed by atoms with Crippen LogP contribution in [0, 0.1) is 11.8 Å². The number of hydrogen-bond donors (Lipinski definition) is 2. The molecule has 188 valence electrons. The lowest BCUT2D eigenvalue weighted by Crippen LogP contribution is -2.39. The molecule has 0 bridgehead atoms. The first-order valence-corrected chi connectivity index (χ1v) is 11.6. The van der Waals surface area contributed by atoms with Crippen molar-refractivity contribution in [3.05, 3.63) is 48.0 Å². The number of nitrogens with two attached hydrogens (primary N) is 1. The van der Waals surface area contributed by atoms with Gasteiger partial charge >= 0.3 is 6.18 Å². The van der Waals surface area contributed by atoms with Crippen LogP contribution in [0.2, 0.25) is 0 Å². The fourth-order valence-electron chi connectivity index (χ4n) is 4.66. The van der Waals surface area contributed by atoms with Crippen LogP contribution in [0.25, 0.3) is 0 Å². The van der Waals surface area contributed by atoms with Gasteiger partial charge in [-0.05, 0) is 42.7 Å². The maximum atomic E-state index is 13.0. The number of benzene rings is 2. The number of primary amides is 1. The van der Waals surface area contributed by atoms with Gasteiger partial charge in [0.2, 0.25) is 11.8 Å². The van der Waals surface area contributed by atoms with Crippen molar-refractivity contribution in [3.8, 4) is 5.75 Å². The van der Waals surface area contributed by atoms with Crippen molar-refractivity contribution in [1.29, 1.82) is 0 Å². The summed E-state index contributed by atoms with van der Waals surface area (Å²) >= 11 is 0. The number of piperidine rings is 1. The summed E-state index contributed by atoms with van der Waals surface area (Å²) in [6.45, 7) is 1.41. The number of carbonyl (C=O) groups excluding carboxylic acids is 2. The number of amides is 2. The summed E-state index contributed by atoms with van der Waals surface area (Å²) in [5, 5.41) is 3.30. The van der Waals surface area contributed by atoms with Crippen molar-refractivity contribution < 1.29 is 27.5 Å². The van der Waals surface area contributed by atoms with Crippen LogP contribution in [0.4, 0.5) is 30.2 Å². The molecular formula is C25H29F3N4O3. The van der Waals surface area contributed by atoms with Gasteiger partial charge < -0.3 is 25.6 Å². The molecule has 2 fully saturated rings. The molecule has 1 unspecified atom stereocenters. The van der Waals surface area contributed by atoms with Crippen molar-refractivity contribution in [2.24, 2.45) is 17.6 Å². The molecule has 0 saturated carbocycles. The number of nitrogens with one attached hydrogen (secondary N) is 1. The summed E-state index contributed by atoms with van der Waals surface area (Å²) in [7, 11) is 1.54. The summed E-state index contributed by atoms with van der Waals surface area (Å²) < 4.78 is 44.5. The summed E-state index contributed by atoms with van der Waals surface area (Å²) in [5.41, 5.74) is 8.65. The lowest BCUT2D eigenvalue weighted by atomic mass is 9.96. The number of likely N-dealkylation sites (tertiary alicyclic amines) is 1. The summed E-state index contributed by atoms with van der Waals surface area (Å²) in [4.78, 5) is 27.0. The van der Waals surface area contributed by atoms with Gasteiger partial charge in [-0.25, -0.2) is 0 Å². The zero-order chi connectivity index (χ0) is 25.2. The molecule has 35 heavy (non-hydrogen) atoms. The summed E-state index contributed by atoms with van der Waals surface area (Å²) in [6, 6.07) is 13.2. The second-order valence-electron chi connectivity index (χ2n) is 9.09. The minimum atomic E-state index is -4.14. The number of rotatable bonds is 7. The highest BCUT2D eigenvalue weighted by molar-refractivity contribution is 5.88. The smallest absolute Gasteiger partial charge is 0.391 e. The number of alkyl halides is 3. The highest BCUT2D eigenvalue weighted by Crippen LogP contribution is 2.38. The minimum Gasteiger partial charge on any atom is -0.495 e. The van der Waals surface area contributed by atoms with Gasteiger partial charge in [-0.15, -0.1) is 0 Å². The van der Waals surface area contributed by atoms with Gasteiger partial charge in [0.05, 0.1) is 24.6 Å². The van der Waals surface area contributed by atoms with E-state index in [1.807, 2.05) is 47.4 Å². The number of ether oxygens (including phenoxy) is 1. The predicted molar refractivity (Wildman–Crippen MR) is 126 cm³/mol. The third kappa shape index (κ3) is 5.80. The molecule has 0 aromatic heterocycles. The summed E-state index contributed by atoms with van der Waals surface area (Å²) in [5.74, 6) is -1.62. The third-order valence-electron chi connectivity index (χ3n) is 6.71. The van der Waals surface area contributed by atoms with Gasteiger partial charge in [-0.1, -0.05) is 12.1 Å². The molecule has 1 atom stereocenters. The first kappa shape index (κ1) is 24.7. The lowest BCUT2D eigenvalue weighted by molar-refractivity contribution is -0.179.